The molecule has 6 nitrogen and oxygen atoms in total. The molecule has 0 heterocycles. The van der Waals surface area contributed by atoms with E-state index >= 15 is 0 Å². The number of hydroxylamine groups is 1. The Bertz CT molecular complexity index is 142. The summed E-state index contributed by atoms with van der Waals surface area (Å²) in [6.07, 6.45) is -0.646. The van der Waals surface area contributed by atoms with Crippen LogP contribution in [0.15, 0.2) is 0 Å². The van der Waals surface area contributed by atoms with Crippen molar-refractivity contribution in [1.29, 1.82) is 0 Å². The van der Waals surface area contributed by atoms with Crippen LogP contribution in [0.1, 0.15) is 6.92 Å². The number of hydrogen-bond acceptors (Lipinski definition) is 5. The summed E-state index contributed by atoms with van der Waals surface area (Å²) in [4.78, 5) is 14.8. The maximum Gasteiger partial charge on any atom is 0.245 e. The zero-order chi connectivity index (χ0) is 10.1. The molecule has 78 valence electrons. The quantitative estimate of drug-likeness (QED) is 0.318. The molecule has 1 unspecified atom stereocenters. The molecular weight excluding hydrogens is 176 g/mol. The van der Waals surface area contributed by atoms with E-state index in [0.29, 0.717) is 6.61 Å². The van der Waals surface area contributed by atoms with E-state index in [1.807, 2.05) is 6.92 Å². The first-order chi connectivity index (χ1) is 6.16. The molecule has 0 aliphatic carbocycles. The third kappa shape index (κ3) is 9.22. The van der Waals surface area contributed by atoms with Crippen molar-refractivity contribution in [1.82, 2.24) is 5.48 Å². The van der Waals surface area contributed by atoms with Crippen LogP contribution in [-0.4, -0.2) is 43.5 Å². The Morgan fingerprint density at radius 1 is 1.69 bits per heavy atom. The fraction of sp³-hybridized carbons (Fsp3) is 0.857. The smallest absolute Gasteiger partial charge is 0.245 e. The van der Waals surface area contributed by atoms with Gasteiger partial charge in [-0.25, -0.2) is 0 Å². The summed E-state index contributed by atoms with van der Waals surface area (Å²) in [5.41, 5.74) is 7.19. The predicted molar refractivity (Wildman–Crippen MR) is 45.6 cm³/mol. The minimum Gasteiger partial charge on any atom is -0.389 e. The van der Waals surface area contributed by atoms with Gasteiger partial charge in [0.2, 0.25) is 5.91 Å². The van der Waals surface area contributed by atoms with E-state index in [-0.39, 0.29) is 19.8 Å². The van der Waals surface area contributed by atoms with Crippen molar-refractivity contribution in [3.63, 3.8) is 0 Å². The standard InChI is InChI=1S/C7H16N2O4/c1-2-12-4-6(10)3-9-13-5-7(8)11/h6,9-10H,2-5H2,1H3,(H2,8,11). The van der Waals surface area contributed by atoms with E-state index in [4.69, 9.17) is 15.6 Å². The van der Waals surface area contributed by atoms with Gasteiger partial charge in [0.1, 0.15) is 6.61 Å². The van der Waals surface area contributed by atoms with Crippen molar-refractivity contribution >= 4 is 5.91 Å². The number of hydrogen-bond donors (Lipinski definition) is 3. The number of primary amides is 1. The summed E-state index contributed by atoms with van der Waals surface area (Å²) >= 11 is 0. The Morgan fingerprint density at radius 3 is 2.92 bits per heavy atom. The Morgan fingerprint density at radius 2 is 2.38 bits per heavy atom. The molecule has 1 atom stereocenters. The molecule has 13 heavy (non-hydrogen) atoms. The number of nitrogens with one attached hydrogen (secondary N) is 1. The van der Waals surface area contributed by atoms with Crippen molar-refractivity contribution in [2.75, 3.05) is 26.4 Å². The number of aliphatic hydroxyl groups excluding tert-OH is 1. The topological polar surface area (TPSA) is 93.8 Å². The third-order valence-corrected chi connectivity index (χ3v) is 1.15. The molecule has 4 N–H and O–H groups in total. The SMILES string of the molecule is CCOCC(O)CNOCC(N)=O. The second kappa shape index (κ2) is 7.93. The van der Waals surface area contributed by atoms with E-state index in [9.17, 15) is 4.79 Å². The summed E-state index contributed by atoms with van der Waals surface area (Å²) in [6, 6.07) is 0. The average molecular weight is 192 g/mol. The zero-order valence-corrected chi connectivity index (χ0v) is 7.66. The molecular formula is C7H16N2O4. The normalized spacial score (nSPS) is 12.8. The van der Waals surface area contributed by atoms with E-state index in [1.54, 1.807) is 0 Å². The maximum absolute atomic E-state index is 10.2. The van der Waals surface area contributed by atoms with Crippen molar-refractivity contribution in [3.05, 3.63) is 0 Å². The van der Waals surface area contributed by atoms with E-state index < -0.39 is 12.0 Å². The molecule has 0 spiro atoms. The van der Waals surface area contributed by atoms with Crippen LogP contribution in [0.2, 0.25) is 0 Å². The highest BCUT2D eigenvalue weighted by Gasteiger charge is 2.03. The lowest BCUT2D eigenvalue weighted by Gasteiger charge is -2.10. The van der Waals surface area contributed by atoms with Crippen LogP contribution in [0.25, 0.3) is 0 Å². The number of amides is 1. The molecule has 1 amide bonds. The number of carbonyl (C=O) groups is 1. The first kappa shape index (κ1) is 12.3. The molecule has 0 rings (SSSR count). The Hall–Kier alpha value is -0.690. The van der Waals surface area contributed by atoms with Crippen molar-refractivity contribution in [3.8, 4) is 0 Å². The Kier molecular flexibility index (Phi) is 7.51. The molecule has 0 radical (unpaired) electrons. The molecule has 0 aliphatic rings. The van der Waals surface area contributed by atoms with Crippen molar-refractivity contribution in [2.24, 2.45) is 5.73 Å². The van der Waals surface area contributed by atoms with Gasteiger partial charge in [0.15, 0.2) is 0 Å². The summed E-state index contributed by atoms with van der Waals surface area (Å²) in [5, 5.41) is 9.16. The lowest BCUT2D eigenvalue weighted by molar-refractivity contribution is -0.126. The lowest BCUT2D eigenvalue weighted by atomic mass is 10.4. The highest BCUT2D eigenvalue weighted by atomic mass is 16.6. The van der Waals surface area contributed by atoms with Gasteiger partial charge in [-0.15, -0.1) is 0 Å². The summed E-state index contributed by atoms with van der Waals surface area (Å²) in [6.45, 7) is 2.63. The van der Waals surface area contributed by atoms with E-state index in [0.717, 1.165) is 0 Å². The van der Waals surface area contributed by atoms with Crippen LogP contribution >= 0.6 is 0 Å². The van der Waals surface area contributed by atoms with Crippen LogP contribution in [0, 0.1) is 0 Å². The van der Waals surface area contributed by atoms with Crippen LogP contribution < -0.4 is 11.2 Å². The lowest BCUT2D eigenvalue weighted by Crippen LogP contribution is -2.33. The van der Waals surface area contributed by atoms with Crippen LogP contribution in [0.3, 0.4) is 0 Å². The first-order valence-electron chi connectivity index (χ1n) is 4.05. The summed E-state index contributed by atoms with van der Waals surface area (Å²) in [5.74, 6) is -0.563. The fourth-order valence-electron chi connectivity index (χ4n) is 0.590. The summed E-state index contributed by atoms with van der Waals surface area (Å²) in [7, 11) is 0. The minimum atomic E-state index is -0.646. The van der Waals surface area contributed by atoms with Gasteiger partial charge in [0.05, 0.1) is 12.7 Å². The van der Waals surface area contributed by atoms with Gasteiger partial charge in [-0.1, -0.05) is 0 Å². The van der Waals surface area contributed by atoms with Crippen LogP contribution in [-0.2, 0) is 14.4 Å². The molecule has 0 saturated heterocycles. The zero-order valence-electron chi connectivity index (χ0n) is 7.66. The second-order valence-electron chi connectivity index (χ2n) is 2.42. The molecule has 0 fully saturated rings. The predicted octanol–water partition coefficient (Wildman–Crippen LogP) is -1.61. The maximum atomic E-state index is 10.2. The fourth-order valence-corrected chi connectivity index (χ4v) is 0.590. The average Bonchev–Trinajstić information content (AvgIpc) is 2.08. The van der Waals surface area contributed by atoms with Crippen LogP contribution in [0.4, 0.5) is 0 Å². The van der Waals surface area contributed by atoms with Crippen molar-refractivity contribution < 1.29 is 19.5 Å². The minimum absolute atomic E-state index is 0.202. The molecule has 0 aromatic carbocycles. The van der Waals surface area contributed by atoms with Gasteiger partial charge in [-0.2, -0.15) is 5.48 Å². The first-order valence-corrected chi connectivity index (χ1v) is 4.05. The van der Waals surface area contributed by atoms with Crippen molar-refractivity contribution in [2.45, 2.75) is 13.0 Å². The van der Waals surface area contributed by atoms with E-state index in [2.05, 4.69) is 10.3 Å². The molecule has 0 bridgehead atoms. The third-order valence-electron chi connectivity index (χ3n) is 1.15. The number of carbonyl (C=O) groups excluding carboxylic acids is 1. The largest absolute Gasteiger partial charge is 0.389 e. The van der Waals surface area contributed by atoms with Gasteiger partial charge < -0.3 is 15.6 Å². The van der Waals surface area contributed by atoms with Gasteiger partial charge in [0.25, 0.3) is 0 Å². The van der Waals surface area contributed by atoms with Crippen LogP contribution in [0.5, 0.6) is 0 Å². The van der Waals surface area contributed by atoms with Gasteiger partial charge >= 0.3 is 0 Å². The molecule has 0 aromatic heterocycles. The molecule has 0 aliphatic heterocycles. The highest BCUT2D eigenvalue weighted by Crippen LogP contribution is 1.83. The number of ether oxygens (including phenoxy) is 1. The number of rotatable bonds is 8. The van der Waals surface area contributed by atoms with E-state index in [1.165, 1.54) is 0 Å². The van der Waals surface area contributed by atoms with Gasteiger partial charge in [0, 0.05) is 13.2 Å². The summed E-state index contributed by atoms with van der Waals surface area (Å²) < 4.78 is 4.94. The van der Waals surface area contributed by atoms with Gasteiger partial charge in [-0.3, -0.25) is 9.63 Å². The molecule has 0 aromatic rings. The second-order valence-corrected chi connectivity index (χ2v) is 2.42. The van der Waals surface area contributed by atoms with Gasteiger partial charge in [-0.05, 0) is 6.92 Å². The number of nitrogens with two attached hydrogens (primary N) is 1. The highest BCUT2D eigenvalue weighted by molar-refractivity contribution is 5.74. The monoisotopic (exact) mass is 192 g/mol. The Labute approximate surface area is 77.0 Å². The molecule has 6 heteroatoms. The Balaban J connectivity index is 3.16. The molecule has 0 saturated carbocycles. The number of aliphatic hydroxyl groups is 1.